The van der Waals surface area contributed by atoms with Gasteiger partial charge < -0.3 is 9.67 Å². The summed E-state index contributed by atoms with van der Waals surface area (Å²) in [5.74, 6) is -1.36. The van der Waals surface area contributed by atoms with Crippen LogP contribution in [0.3, 0.4) is 0 Å². The Balaban J connectivity index is 2.33. The normalized spacial score (nSPS) is 10.6. The van der Waals surface area contributed by atoms with Gasteiger partial charge in [-0.05, 0) is 36.8 Å². The van der Waals surface area contributed by atoms with Gasteiger partial charge in [-0.2, -0.15) is 0 Å². The third-order valence-corrected chi connectivity index (χ3v) is 3.53. The maximum absolute atomic E-state index is 13.6. The highest BCUT2D eigenvalue weighted by Gasteiger charge is 2.20. The van der Waals surface area contributed by atoms with Crippen molar-refractivity contribution in [3.8, 4) is 16.9 Å². The molecule has 0 saturated heterocycles. The van der Waals surface area contributed by atoms with E-state index in [-0.39, 0.29) is 11.4 Å². The van der Waals surface area contributed by atoms with Gasteiger partial charge in [-0.1, -0.05) is 36.4 Å². The van der Waals surface area contributed by atoms with Crippen LogP contribution >= 0.6 is 0 Å². The molecule has 22 heavy (non-hydrogen) atoms. The Labute approximate surface area is 127 Å². The number of hydrogen-bond acceptors (Lipinski definition) is 1. The number of carbonyl (C=O) groups is 1. The molecule has 3 nitrogen and oxygen atoms in total. The smallest absolute Gasteiger partial charge is 0.337 e. The first kappa shape index (κ1) is 14.1. The molecule has 0 saturated carbocycles. The van der Waals surface area contributed by atoms with Gasteiger partial charge in [0, 0.05) is 11.4 Å². The number of aromatic carboxylic acids is 1. The molecule has 110 valence electrons. The fraction of sp³-hybridized carbons (Fsp3) is 0.0556. The van der Waals surface area contributed by atoms with E-state index in [0.29, 0.717) is 11.4 Å². The van der Waals surface area contributed by atoms with Gasteiger partial charge >= 0.3 is 5.97 Å². The highest BCUT2D eigenvalue weighted by molar-refractivity contribution is 5.96. The molecule has 0 aliphatic rings. The summed E-state index contributed by atoms with van der Waals surface area (Å²) in [6.07, 6.45) is 0. The van der Waals surface area contributed by atoms with Crippen LogP contribution in [0.2, 0.25) is 0 Å². The predicted molar refractivity (Wildman–Crippen MR) is 82.9 cm³/mol. The summed E-state index contributed by atoms with van der Waals surface area (Å²) >= 11 is 0. The Morgan fingerprint density at radius 1 is 1.05 bits per heavy atom. The van der Waals surface area contributed by atoms with Crippen LogP contribution in [0.25, 0.3) is 16.9 Å². The van der Waals surface area contributed by atoms with Gasteiger partial charge in [0.2, 0.25) is 0 Å². The molecule has 2 aromatic carbocycles. The molecular formula is C18H14FNO2. The van der Waals surface area contributed by atoms with Gasteiger partial charge in [-0.3, -0.25) is 0 Å². The highest BCUT2D eigenvalue weighted by Crippen LogP contribution is 2.31. The zero-order chi connectivity index (χ0) is 15.7. The van der Waals surface area contributed by atoms with Crippen molar-refractivity contribution in [2.24, 2.45) is 0 Å². The lowest BCUT2D eigenvalue weighted by Gasteiger charge is -2.13. The molecule has 1 heterocycles. The van der Waals surface area contributed by atoms with E-state index in [1.54, 1.807) is 22.8 Å². The molecule has 3 rings (SSSR count). The number of aryl methyl sites for hydroxylation is 1. The second-order valence-electron chi connectivity index (χ2n) is 5.03. The summed E-state index contributed by atoms with van der Waals surface area (Å²) in [6.45, 7) is 1.81. The number of aromatic nitrogens is 1. The van der Waals surface area contributed by atoms with Gasteiger partial charge in [0.15, 0.2) is 0 Å². The lowest BCUT2D eigenvalue weighted by Crippen LogP contribution is -2.03. The minimum absolute atomic E-state index is 0.202. The van der Waals surface area contributed by atoms with Crippen LogP contribution in [0.1, 0.15) is 16.1 Å². The minimum atomic E-state index is -1.00. The van der Waals surface area contributed by atoms with Crippen molar-refractivity contribution < 1.29 is 14.3 Å². The number of nitrogens with zero attached hydrogens (tertiary/aromatic N) is 1. The second-order valence-corrected chi connectivity index (χ2v) is 5.03. The van der Waals surface area contributed by atoms with Crippen LogP contribution in [-0.4, -0.2) is 15.6 Å². The van der Waals surface area contributed by atoms with E-state index in [1.807, 2.05) is 37.3 Å². The summed E-state index contributed by atoms with van der Waals surface area (Å²) in [5, 5.41) is 9.48. The molecule has 0 aliphatic carbocycles. The van der Waals surface area contributed by atoms with E-state index in [9.17, 15) is 14.3 Å². The average Bonchev–Trinajstić information content (AvgIpc) is 2.86. The highest BCUT2D eigenvalue weighted by atomic mass is 19.1. The standard InChI is InChI=1S/C18H14FNO2/c1-12-10-16(18(21)22)17(13-6-3-2-4-7-13)20(12)15-9-5-8-14(19)11-15/h2-11H,1H3,(H,21,22). The predicted octanol–water partition coefficient (Wildman–Crippen LogP) is 4.29. The van der Waals surface area contributed by atoms with E-state index in [2.05, 4.69) is 0 Å². The fourth-order valence-electron chi connectivity index (χ4n) is 2.63. The molecule has 4 heteroatoms. The van der Waals surface area contributed by atoms with Gasteiger partial charge in [0.1, 0.15) is 5.82 Å². The molecule has 0 aliphatic heterocycles. The number of rotatable bonds is 3. The van der Waals surface area contributed by atoms with Gasteiger partial charge in [0.05, 0.1) is 11.3 Å². The Bertz CT molecular complexity index is 838. The van der Waals surface area contributed by atoms with E-state index in [0.717, 1.165) is 11.3 Å². The van der Waals surface area contributed by atoms with Crippen molar-refractivity contribution in [2.45, 2.75) is 6.92 Å². The number of hydrogen-bond donors (Lipinski definition) is 1. The molecule has 1 aromatic heterocycles. The van der Waals surface area contributed by atoms with Gasteiger partial charge in [-0.15, -0.1) is 0 Å². The Hall–Kier alpha value is -2.88. The van der Waals surface area contributed by atoms with E-state index < -0.39 is 5.97 Å². The fourth-order valence-corrected chi connectivity index (χ4v) is 2.63. The maximum atomic E-state index is 13.6. The third kappa shape index (κ3) is 2.39. The van der Waals surface area contributed by atoms with Crippen molar-refractivity contribution in [3.63, 3.8) is 0 Å². The van der Waals surface area contributed by atoms with Crippen molar-refractivity contribution >= 4 is 5.97 Å². The molecule has 0 amide bonds. The molecular weight excluding hydrogens is 281 g/mol. The number of carboxylic acids is 1. The molecule has 0 atom stereocenters. The van der Waals surface area contributed by atoms with Crippen molar-refractivity contribution in [3.05, 3.63) is 77.7 Å². The van der Waals surface area contributed by atoms with Crippen LogP contribution in [0, 0.1) is 12.7 Å². The molecule has 0 unspecified atom stereocenters. The lowest BCUT2D eigenvalue weighted by atomic mass is 10.1. The molecule has 0 spiro atoms. The Morgan fingerprint density at radius 3 is 2.41 bits per heavy atom. The van der Waals surface area contributed by atoms with Crippen LogP contribution < -0.4 is 0 Å². The summed E-state index contributed by atoms with van der Waals surface area (Å²) in [7, 11) is 0. The van der Waals surface area contributed by atoms with Crippen molar-refractivity contribution in [2.75, 3.05) is 0 Å². The topological polar surface area (TPSA) is 42.2 Å². The molecule has 1 N–H and O–H groups in total. The Kier molecular flexibility index (Phi) is 3.51. The summed E-state index contributed by atoms with van der Waals surface area (Å²) in [4.78, 5) is 11.6. The lowest BCUT2D eigenvalue weighted by molar-refractivity contribution is 0.0698. The summed E-state index contributed by atoms with van der Waals surface area (Å²) in [5.41, 5.74) is 2.87. The average molecular weight is 295 g/mol. The van der Waals surface area contributed by atoms with Gasteiger partial charge in [-0.25, -0.2) is 9.18 Å². The maximum Gasteiger partial charge on any atom is 0.337 e. The van der Waals surface area contributed by atoms with Crippen LogP contribution in [-0.2, 0) is 0 Å². The second kappa shape index (κ2) is 5.48. The monoisotopic (exact) mass is 295 g/mol. The summed E-state index contributed by atoms with van der Waals surface area (Å²) < 4.78 is 15.3. The summed E-state index contributed by atoms with van der Waals surface area (Å²) in [6, 6.07) is 17.0. The first-order chi connectivity index (χ1) is 10.6. The van der Waals surface area contributed by atoms with Gasteiger partial charge in [0.25, 0.3) is 0 Å². The number of halogens is 1. The van der Waals surface area contributed by atoms with Crippen LogP contribution in [0.5, 0.6) is 0 Å². The van der Waals surface area contributed by atoms with Crippen molar-refractivity contribution in [1.29, 1.82) is 0 Å². The quantitative estimate of drug-likeness (QED) is 0.783. The zero-order valence-corrected chi connectivity index (χ0v) is 12.0. The SMILES string of the molecule is Cc1cc(C(=O)O)c(-c2ccccc2)n1-c1cccc(F)c1. The Morgan fingerprint density at radius 2 is 1.77 bits per heavy atom. The van der Waals surface area contributed by atoms with Crippen molar-refractivity contribution in [1.82, 2.24) is 4.57 Å². The van der Waals surface area contributed by atoms with E-state index in [4.69, 9.17) is 0 Å². The number of carboxylic acid groups (broad SMARTS) is 1. The largest absolute Gasteiger partial charge is 0.478 e. The third-order valence-electron chi connectivity index (χ3n) is 3.53. The first-order valence-electron chi connectivity index (χ1n) is 6.85. The van der Waals surface area contributed by atoms with Crippen LogP contribution in [0.4, 0.5) is 4.39 Å². The molecule has 0 bridgehead atoms. The van der Waals surface area contributed by atoms with E-state index in [1.165, 1.54) is 12.1 Å². The number of benzene rings is 2. The molecule has 0 fully saturated rings. The van der Waals surface area contributed by atoms with E-state index >= 15 is 0 Å². The molecule has 3 aromatic rings. The molecule has 0 radical (unpaired) electrons. The zero-order valence-electron chi connectivity index (χ0n) is 12.0. The van der Waals surface area contributed by atoms with Crippen LogP contribution in [0.15, 0.2) is 60.7 Å². The minimum Gasteiger partial charge on any atom is -0.478 e. The first-order valence-corrected chi connectivity index (χ1v) is 6.85.